The molecule has 1 aliphatic carbocycles. The molecule has 1 N–H and O–H groups in total. The van der Waals surface area contributed by atoms with Crippen LogP contribution in [0.3, 0.4) is 0 Å². The highest BCUT2D eigenvalue weighted by Gasteiger charge is 2.32. The van der Waals surface area contributed by atoms with E-state index in [1.807, 2.05) is 93.6 Å². The lowest BCUT2D eigenvalue weighted by Gasteiger charge is -2.32. The molecule has 0 aromatic heterocycles. The second kappa shape index (κ2) is 12.6. The van der Waals surface area contributed by atoms with Crippen molar-refractivity contribution in [2.24, 2.45) is 0 Å². The van der Waals surface area contributed by atoms with Crippen LogP contribution in [0.25, 0.3) is 0 Å². The minimum absolute atomic E-state index is 0.0947. The summed E-state index contributed by atoms with van der Waals surface area (Å²) in [4.78, 5) is 29.2. The van der Waals surface area contributed by atoms with Gasteiger partial charge in [0, 0.05) is 19.0 Å². The number of nitrogens with zero attached hydrogens (tertiary/aromatic N) is 1. The Labute approximate surface area is 220 Å². The molecule has 1 atom stereocenters. The molecule has 5 heteroatoms. The molecular weight excluding hydrogens is 460 g/mol. The molecule has 4 rings (SSSR count). The van der Waals surface area contributed by atoms with Gasteiger partial charge in [0.15, 0.2) is 6.61 Å². The lowest BCUT2D eigenvalue weighted by molar-refractivity contribution is -0.143. The maximum Gasteiger partial charge on any atom is 0.261 e. The fourth-order valence-electron chi connectivity index (χ4n) is 5.00. The Bertz CT molecular complexity index is 1180. The van der Waals surface area contributed by atoms with Gasteiger partial charge in [-0.15, -0.1) is 0 Å². The quantitative estimate of drug-likeness (QED) is 0.391. The van der Waals surface area contributed by atoms with Crippen molar-refractivity contribution in [3.8, 4) is 5.75 Å². The molecule has 3 aromatic rings. The predicted octanol–water partition coefficient (Wildman–Crippen LogP) is 5.69. The lowest BCUT2D eigenvalue weighted by Crippen LogP contribution is -2.53. The summed E-state index contributed by atoms with van der Waals surface area (Å²) in [6.07, 6.45) is 4.69. The first-order valence-electron chi connectivity index (χ1n) is 13.3. The summed E-state index contributed by atoms with van der Waals surface area (Å²) in [5.74, 6) is 0.384. The van der Waals surface area contributed by atoms with Crippen LogP contribution in [0.4, 0.5) is 0 Å². The molecule has 3 aromatic carbocycles. The van der Waals surface area contributed by atoms with Gasteiger partial charge in [-0.05, 0) is 56.4 Å². The number of nitrogens with one attached hydrogen (secondary N) is 1. The minimum Gasteiger partial charge on any atom is -0.483 e. The Morgan fingerprint density at radius 3 is 2.24 bits per heavy atom. The van der Waals surface area contributed by atoms with E-state index in [1.54, 1.807) is 4.90 Å². The van der Waals surface area contributed by atoms with E-state index in [-0.39, 0.29) is 24.5 Å². The third-order valence-corrected chi connectivity index (χ3v) is 7.13. The minimum atomic E-state index is -0.639. The maximum atomic E-state index is 13.8. The van der Waals surface area contributed by atoms with Crippen molar-refractivity contribution in [1.29, 1.82) is 0 Å². The summed E-state index contributed by atoms with van der Waals surface area (Å²) >= 11 is 0. The van der Waals surface area contributed by atoms with Gasteiger partial charge in [0.25, 0.3) is 5.91 Å². The fraction of sp³-hybridized carbons (Fsp3) is 0.375. The van der Waals surface area contributed by atoms with Crippen LogP contribution < -0.4 is 10.1 Å². The Kier molecular flexibility index (Phi) is 8.99. The zero-order valence-corrected chi connectivity index (χ0v) is 22.2. The van der Waals surface area contributed by atoms with Gasteiger partial charge in [-0.1, -0.05) is 90.7 Å². The highest BCUT2D eigenvalue weighted by molar-refractivity contribution is 5.88. The second-order valence-corrected chi connectivity index (χ2v) is 10.3. The Morgan fingerprint density at radius 1 is 0.892 bits per heavy atom. The predicted molar refractivity (Wildman–Crippen MR) is 147 cm³/mol. The topological polar surface area (TPSA) is 58.6 Å². The van der Waals surface area contributed by atoms with E-state index in [0.717, 1.165) is 53.5 Å². The standard InChI is InChI=1S/C32H38N2O3/c1-23-13-16-27(17-14-23)21-34(31(35)22-37-30-18-15-24(2)19-25(30)3)29(20-26-9-5-4-6-10-26)32(36)33-28-11-7-8-12-28/h4-6,9-10,13-19,28-29H,7-8,11-12,20-22H2,1-3H3,(H,33,36). The summed E-state index contributed by atoms with van der Waals surface area (Å²) in [5, 5.41) is 3.24. The van der Waals surface area contributed by atoms with E-state index in [4.69, 9.17) is 4.74 Å². The number of carbonyl (C=O) groups is 2. The molecule has 1 aliphatic rings. The molecule has 0 spiro atoms. The lowest BCUT2D eigenvalue weighted by atomic mass is 10.0. The van der Waals surface area contributed by atoms with Gasteiger partial charge in [-0.2, -0.15) is 0 Å². The van der Waals surface area contributed by atoms with Crippen LogP contribution in [0, 0.1) is 20.8 Å². The first kappa shape index (κ1) is 26.5. The van der Waals surface area contributed by atoms with Crippen LogP contribution in [0.1, 0.15) is 53.5 Å². The summed E-state index contributed by atoms with van der Waals surface area (Å²) in [5.41, 5.74) is 5.28. The zero-order valence-electron chi connectivity index (χ0n) is 22.2. The number of hydrogen-bond acceptors (Lipinski definition) is 3. The van der Waals surface area contributed by atoms with Crippen molar-refractivity contribution >= 4 is 11.8 Å². The Balaban J connectivity index is 1.61. The molecular formula is C32H38N2O3. The largest absolute Gasteiger partial charge is 0.483 e. The summed E-state index contributed by atoms with van der Waals surface area (Å²) < 4.78 is 5.98. The monoisotopic (exact) mass is 498 g/mol. The number of hydrogen-bond donors (Lipinski definition) is 1. The van der Waals surface area contributed by atoms with Gasteiger partial charge in [0.1, 0.15) is 11.8 Å². The second-order valence-electron chi connectivity index (χ2n) is 10.3. The normalized spacial score (nSPS) is 14.2. The smallest absolute Gasteiger partial charge is 0.261 e. The van der Waals surface area contributed by atoms with Crippen molar-refractivity contribution in [3.63, 3.8) is 0 Å². The fourth-order valence-corrected chi connectivity index (χ4v) is 5.00. The zero-order chi connectivity index (χ0) is 26.2. The highest BCUT2D eigenvalue weighted by Crippen LogP contribution is 2.22. The number of carbonyl (C=O) groups excluding carboxylic acids is 2. The van der Waals surface area contributed by atoms with Crippen LogP contribution in [-0.2, 0) is 22.6 Å². The third-order valence-electron chi connectivity index (χ3n) is 7.13. The van der Waals surface area contributed by atoms with Crippen LogP contribution in [0.2, 0.25) is 0 Å². The summed E-state index contributed by atoms with van der Waals surface area (Å²) in [7, 11) is 0. The molecule has 5 nitrogen and oxygen atoms in total. The molecule has 0 aliphatic heterocycles. The van der Waals surface area contributed by atoms with Crippen molar-refractivity contribution in [2.75, 3.05) is 6.61 Å². The first-order valence-corrected chi connectivity index (χ1v) is 13.3. The van der Waals surface area contributed by atoms with E-state index in [9.17, 15) is 9.59 Å². The maximum absolute atomic E-state index is 13.8. The first-order chi connectivity index (χ1) is 17.9. The van der Waals surface area contributed by atoms with Gasteiger partial charge in [-0.25, -0.2) is 0 Å². The molecule has 0 radical (unpaired) electrons. The van der Waals surface area contributed by atoms with Crippen molar-refractivity contribution < 1.29 is 14.3 Å². The summed E-state index contributed by atoms with van der Waals surface area (Å²) in [6.45, 7) is 6.26. The summed E-state index contributed by atoms with van der Waals surface area (Å²) in [6, 6.07) is 23.5. The molecule has 0 saturated heterocycles. The van der Waals surface area contributed by atoms with Crippen LogP contribution in [0.15, 0.2) is 72.8 Å². The van der Waals surface area contributed by atoms with Crippen molar-refractivity contribution in [1.82, 2.24) is 10.2 Å². The number of benzene rings is 3. The molecule has 37 heavy (non-hydrogen) atoms. The van der Waals surface area contributed by atoms with E-state index in [0.29, 0.717) is 18.7 Å². The number of aryl methyl sites for hydroxylation is 3. The molecule has 0 bridgehead atoms. The average Bonchev–Trinajstić information content (AvgIpc) is 3.40. The molecule has 1 saturated carbocycles. The molecule has 2 amide bonds. The molecule has 1 unspecified atom stereocenters. The average molecular weight is 499 g/mol. The highest BCUT2D eigenvalue weighted by atomic mass is 16.5. The Morgan fingerprint density at radius 2 is 1.57 bits per heavy atom. The van der Waals surface area contributed by atoms with Crippen LogP contribution in [-0.4, -0.2) is 35.4 Å². The van der Waals surface area contributed by atoms with E-state index in [1.165, 1.54) is 0 Å². The van der Waals surface area contributed by atoms with E-state index < -0.39 is 6.04 Å². The van der Waals surface area contributed by atoms with Crippen LogP contribution in [0.5, 0.6) is 5.75 Å². The third kappa shape index (κ3) is 7.45. The molecule has 1 fully saturated rings. The Hall–Kier alpha value is -3.60. The van der Waals surface area contributed by atoms with Crippen LogP contribution >= 0.6 is 0 Å². The SMILES string of the molecule is Cc1ccc(CN(C(=O)COc2ccc(C)cc2C)C(Cc2ccccc2)C(=O)NC2CCCC2)cc1. The van der Waals surface area contributed by atoms with Crippen molar-refractivity contribution in [3.05, 3.63) is 101 Å². The number of amides is 2. The van der Waals surface area contributed by atoms with E-state index in [2.05, 4.69) is 5.32 Å². The molecule has 194 valence electrons. The number of ether oxygens (including phenoxy) is 1. The van der Waals surface area contributed by atoms with E-state index >= 15 is 0 Å². The van der Waals surface area contributed by atoms with Crippen molar-refractivity contribution in [2.45, 2.75) is 71.5 Å². The van der Waals surface area contributed by atoms with Gasteiger partial charge >= 0.3 is 0 Å². The van der Waals surface area contributed by atoms with Gasteiger partial charge in [0.2, 0.25) is 5.91 Å². The van der Waals surface area contributed by atoms with Gasteiger partial charge in [-0.3, -0.25) is 9.59 Å². The van der Waals surface area contributed by atoms with Gasteiger partial charge in [0.05, 0.1) is 0 Å². The molecule has 0 heterocycles. The van der Waals surface area contributed by atoms with Gasteiger partial charge < -0.3 is 15.0 Å². The number of rotatable bonds is 10.